The zero-order valence-electron chi connectivity index (χ0n) is 11.5. The Morgan fingerprint density at radius 1 is 1.26 bits per heavy atom. The van der Waals surface area contributed by atoms with Gasteiger partial charge in [-0.25, -0.2) is 0 Å². The van der Waals surface area contributed by atoms with Crippen molar-refractivity contribution in [3.05, 3.63) is 42.0 Å². The maximum absolute atomic E-state index is 5.37. The molecule has 0 radical (unpaired) electrons. The van der Waals surface area contributed by atoms with E-state index in [1.54, 1.807) is 7.11 Å². The molecule has 0 saturated heterocycles. The zero-order valence-corrected chi connectivity index (χ0v) is 11.5. The second-order valence-corrected chi connectivity index (χ2v) is 4.67. The summed E-state index contributed by atoms with van der Waals surface area (Å²) < 4.78 is 10.6. The van der Waals surface area contributed by atoms with Gasteiger partial charge in [-0.05, 0) is 18.1 Å². The molecule has 0 spiro atoms. The summed E-state index contributed by atoms with van der Waals surface area (Å²) in [5.74, 6) is 1.46. The number of benzene rings is 1. The van der Waals surface area contributed by atoms with Gasteiger partial charge in [0.15, 0.2) is 0 Å². The van der Waals surface area contributed by atoms with Crippen LogP contribution in [0.4, 0.5) is 5.69 Å². The molecule has 102 valence electrons. The van der Waals surface area contributed by atoms with Crippen LogP contribution in [-0.4, -0.2) is 17.3 Å². The molecule has 1 N–H and O–H groups in total. The Kier molecular flexibility index (Phi) is 4.52. The Bertz CT molecular complexity index is 496. The molecule has 1 unspecified atom stereocenters. The second-order valence-electron chi connectivity index (χ2n) is 4.67. The number of hydrogen-bond acceptors (Lipinski definition) is 5. The fourth-order valence-corrected chi connectivity index (χ4v) is 1.86. The van der Waals surface area contributed by atoms with Crippen LogP contribution in [0.3, 0.4) is 0 Å². The van der Waals surface area contributed by atoms with Crippen LogP contribution in [0.15, 0.2) is 34.9 Å². The van der Waals surface area contributed by atoms with Gasteiger partial charge in [0.05, 0.1) is 6.54 Å². The van der Waals surface area contributed by atoms with E-state index in [0.717, 1.165) is 5.69 Å². The Morgan fingerprint density at radius 3 is 2.63 bits per heavy atom. The van der Waals surface area contributed by atoms with Gasteiger partial charge >= 0.3 is 0 Å². The van der Waals surface area contributed by atoms with Crippen LogP contribution < -0.4 is 5.32 Å². The van der Waals surface area contributed by atoms with E-state index in [1.807, 2.05) is 30.3 Å². The molecular formula is C14H19N3O2. The SMILES string of the molecule is COC(c1noc(CNc2ccccc2)n1)C(C)C. The van der Waals surface area contributed by atoms with Gasteiger partial charge in [-0.15, -0.1) is 0 Å². The normalized spacial score (nSPS) is 12.6. The van der Waals surface area contributed by atoms with Gasteiger partial charge in [0.1, 0.15) is 6.10 Å². The molecule has 0 amide bonds. The molecule has 0 aliphatic carbocycles. The molecular weight excluding hydrogens is 242 g/mol. The summed E-state index contributed by atoms with van der Waals surface area (Å²) in [7, 11) is 1.66. The number of aromatic nitrogens is 2. The van der Waals surface area contributed by atoms with Crippen molar-refractivity contribution in [1.29, 1.82) is 0 Å². The number of para-hydroxylation sites is 1. The molecule has 0 saturated carbocycles. The summed E-state index contributed by atoms with van der Waals surface area (Å²) in [6.07, 6.45) is -0.130. The third kappa shape index (κ3) is 3.54. The van der Waals surface area contributed by atoms with Crippen molar-refractivity contribution in [3.63, 3.8) is 0 Å². The highest BCUT2D eigenvalue weighted by molar-refractivity contribution is 5.42. The lowest BCUT2D eigenvalue weighted by molar-refractivity contribution is 0.0555. The molecule has 1 aromatic heterocycles. The maximum atomic E-state index is 5.37. The van der Waals surface area contributed by atoms with Gasteiger partial charge in [-0.3, -0.25) is 0 Å². The summed E-state index contributed by atoms with van der Waals surface area (Å²) in [6.45, 7) is 4.63. The van der Waals surface area contributed by atoms with E-state index in [-0.39, 0.29) is 6.10 Å². The number of nitrogens with one attached hydrogen (secondary N) is 1. The predicted molar refractivity (Wildman–Crippen MR) is 72.7 cm³/mol. The van der Waals surface area contributed by atoms with Crippen molar-refractivity contribution >= 4 is 5.69 Å². The van der Waals surface area contributed by atoms with E-state index >= 15 is 0 Å². The highest BCUT2D eigenvalue weighted by Gasteiger charge is 2.21. The Hall–Kier alpha value is -1.88. The number of rotatable bonds is 6. The number of methoxy groups -OCH3 is 1. The van der Waals surface area contributed by atoms with E-state index in [1.165, 1.54) is 0 Å². The smallest absolute Gasteiger partial charge is 0.246 e. The number of nitrogens with zero attached hydrogens (tertiary/aromatic N) is 2. The van der Waals surface area contributed by atoms with E-state index in [2.05, 4.69) is 29.3 Å². The minimum atomic E-state index is -0.130. The van der Waals surface area contributed by atoms with Crippen LogP contribution >= 0.6 is 0 Å². The summed E-state index contributed by atoms with van der Waals surface area (Å²) in [5.41, 5.74) is 1.02. The molecule has 2 aromatic rings. The number of anilines is 1. The van der Waals surface area contributed by atoms with Gasteiger partial charge in [0, 0.05) is 12.8 Å². The molecule has 5 nitrogen and oxygen atoms in total. The average Bonchev–Trinajstić information content (AvgIpc) is 2.87. The third-order valence-electron chi connectivity index (χ3n) is 2.82. The molecule has 19 heavy (non-hydrogen) atoms. The van der Waals surface area contributed by atoms with E-state index in [4.69, 9.17) is 9.26 Å². The van der Waals surface area contributed by atoms with Gasteiger partial charge in [-0.1, -0.05) is 37.2 Å². The molecule has 2 rings (SSSR count). The molecule has 1 heterocycles. The van der Waals surface area contributed by atoms with Crippen LogP contribution in [0.5, 0.6) is 0 Å². The largest absolute Gasteiger partial charge is 0.376 e. The standard InChI is InChI=1S/C14H19N3O2/c1-10(2)13(18-3)14-16-12(19-17-14)9-15-11-7-5-4-6-8-11/h4-8,10,13,15H,9H2,1-3H3. The zero-order chi connectivity index (χ0) is 13.7. The Morgan fingerprint density at radius 2 is 2.00 bits per heavy atom. The van der Waals surface area contributed by atoms with E-state index in [9.17, 15) is 0 Å². The first-order chi connectivity index (χ1) is 9.20. The lowest BCUT2D eigenvalue weighted by Gasteiger charge is -2.14. The summed E-state index contributed by atoms with van der Waals surface area (Å²) in [5, 5.41) is 7.19. The van der Waals surface area contributed by atoms with Gasteiger partial charge < -0.3 is 14.6 Å². The maximum Gasteiger partial charge on any atom is 0.246 e. The fourth-order valence-electron chi connectivity index (χ4n) is 1.86. The van der Waals surface area contributed by atoms with Crippen LogP contribution in [-0.2, 0) is 11.3 Å². The van der Waals surface area contributed by atoms with Crippen molar-refractivity contribution in [1.82, 2.24) is 10.1 Å². The van der Waals surface area contributed by atoms with E-state index in [0.29, 0.717) is 24.2 Å². The number of hydrogen-bond donors (Lipinski definition) is 1. The van der Waals surface area contributed by atoms with Crippen molar-refractivity contribution in [3.8, 4) is 0 Å². The summed E-state index contributed by atoms with van der Waals surface area (Å²) >= 11 is 0. The molecule has 1 atom stereocenters. The summed E-state index contributed by atoms with van der Waals surface area (Å²) in [6, 6.07) is 9.90. The minimum absolute atomic E-state index is 0.130. The molecule has 0 aliphatic rings. The average molecular weight is 261 g/mol. The van der Waals surface area contributed by atoms with Crippen molar-refractivity contribution in [2.75, 3.05) is 12.4 Å². The molecule has 1 aromatic carbocycles. The fraction of sp³-hybridized carbons (Fsp3) is 0.429. The first-order valence-corrected chi connectivity index (χ1v) is 6.35. The molecule has 5 heteroatoms. The highest BCUT2D eigenvalue weighted by atomic mass is 16.5. The minimum Gasteiger partial charge on any atom is -0.376 e. The lowest BCUT2D eigenvalue weighted by Crippen LogP contribution is -2.11. The third-order valence-corrected chi connectivity index (χ3v) is 2.82. The quantitative estimate of drug-likeness (QED) is 0.866. The van der Waals surface area contributed by atoms with Crippen LogP contribution in [0.2, 0.25) is 0 Å². The molecule has 0 bridgehead atoms. The van der Waals surface area contributed by atoms with Gasteiger partial charge in [0.25, 0.3) is 0 Å². The highest BCUT2D eigenvalue weighted by Crippen LogP contribution is 2.22. The number of ether oxygens (including phenoxy) is 1. The van der Waals surface area contributed by atoms with Crippen LogP contribution in [0.1, 0.15) is 31.7 Å². The van der Waals surface area contributed by atoms with Crippen molar-refractivity contribution in [2.45, 2.75) is 26.5 Å². The van der Waals surface area contributed by atoms with Gasteiger partial charge in [-0.2, -0.15) is 4.98 Å². The van der Waals surface area contributed by atoms with Crippen molar-refractivity contribution < 1.29 is 9.26 Å². The van der Waals surface area contributed by atoms with Crippen LogP contribution in [0, 0.1) is 5.92 Å². The lowest BCUT2D eigenvalue weighted by atomic mass is 10.1. The molecule has 0 aliphatic heterocycles. The Balaban J connectivity index is 1.97. The van der Waals surface area contributed by atoms with Crippen LogP contribution in [0.25, 0.3) is 0 Å². The predicted octanol–water partition coefficient (Wildman–Crippen LogP) is 3.03. The molecule has 0 fully saturated rings. The van der Waals surface area contributed by atoms with Gasteiger partial charge in [0.2, 0.25) is 11.7 Å². The summed E-state index contributed by atoms with van der Waals surface area (Å²) in [4.78, 5) is 4.35. The monoisotopic (exact) mass is 261 g/mol. The topological polar surface area (TPSA) is 60.2 Å². The van der Waals surface area contributed by atoms with E-state index < -0.39 is 0 Å². The first-order valence-electron chi connectivity index (χ1n) is 6.35. The first kappa shape index (κ1) is 13.5. The van der Waals surface area contributed by atoms with Crippen molar-refractivity contribution in [2.24, 2.45) is 5.92 Å². The second kappa shape index (κ2) is 6.33. The Labute approximate surface area is 113 Å².